The highest BCUT2D eigenvalue weighted by Gasteiger charge is 2.13. The van der Waals surface area contributed by atoms with Crippen molar-refractivity contribution in [2.24, 2.45) is 16.0 Å². The maximum atomic E-state index is 10.9. The first-order valence-electron chi connectivity index (χ1n) is 6.27. The van der Waals surface area contributed by atoms with Gasteiger partial charge in [0.05, 0.1) is 16.8 Å². The smallest absolute Gasteiger partial charge is 0.320 e. The third-order valence-corrected chi connectivity index (χ3v) is 3.63. The molecule has 0 aliphatic rings. The maximum absolute atomic E-state index is 10.9. The van der Waals surface area contributed by atoms with Crippen LogP contribution >= 0.6 is 0 Å². The molecule has 2 rings (SSSR count). The lowest BCUT2D eigenvalue weighted by molar-refractivity contribution is -0.138. The molecule has 2 aromatic rings. The zero-order chi connectivity index (χ0) is 17.0. The van der Waals surface area contributed by atoms with E-state index in [2.05, 4.69) is 20.2 Å². The van der Waals surface area contributed by atoms with Gasteiger partial charge >= 0.3 is 5.97 Å². The minimum Gasteiger partial charge on any atom is -0.480 e. The Morgan fingerprint density at radius 3 is 2.52 bits per heavy atom. The van der Waals surface area contributed by atoms with E-state index in [0.29, 0.717) is 11.4 Å². The molecule has 11 heteroatoms. The van der Waals surface area contributed by atoms with E-state index in [-0.39, 0.29) is 17.3 Å². The van der Waals surface area contributed by atoms with Crippen LogP contribution in [0, 0.1) is 0 Å². The number of azo groups is 1. The number of carbonyl (C=O) groups is 1. The SMILES string of the molecule is N[C@@H](Cc1cnc(N=Nc2ccc(S(=O)(=O)O)cc2)[nH]1)C(=O)O. The molecule has 5 N–H and O–H groups in total. The Hall–Kier alpha value is -2.63. The van der Waals surface area contributed by atoms with Crippen LogP contribution in [0.1, 0.15) is 5.69 Å². The summed E-state index contributed by atoms with van der Waals surface area (Å²) in [4.78, 5) is 17.1. The number of carboxylic acids is 1. The van der Waals surface area contributed by atoms with Crippen molar-refractivity contribution in [3.05, 3.63) is 36.2 Å². The van der Waals surface area contributed by atoms with E-state index in [1.807, 2.05) is 0 Å². The molecule has 0 saturated heterocycles. The Morgan fingerprint density at radius 1 is 1.30 bits per heavy atom. The highest BCUT2D eigenvalue weighted by molar-refractivity contribution is 7.85. The Bertz CT molecular complexity index is 828. The molecule has 1 atom stereocenters. The van der Waals surface area contributed by atoms with E-state index in [1.54, 1.807) is 0 Å². The van der Waals surface area contributed by atoms with Crippen LogP contribution in [0.3, 0.4) is 0 Å². The number of rotatable bonds is 6. The highest BCUT2D eigenvalue weighted by atomic mass is 32.2. The molecule has 0 spiro atoms. The number of hydrogen-bond acceptors (Lipinski definition) is 7. The Morgan fingerprint density at radius 2 is 1.96 bits per heavy atom. The lowest BCUT2D eigenvalue weighted by Crippen LogP contribution is -2.32. The molecule has 0 bridgehead atoms. The number of nitrogens with zero attached hydrogens (tertiary/aromatic N) is 3. The van der Waals surface area contributed by atoms with Crippen LogP contribution in [0.4, 0.5) is 11.6 Å². The Kier molecular flexibility index (Phi) is 4.83. The molecule has 122 valence electrons. The normalized spacial score (nSPS) is 13.3. The number of nitrogens with one attached hydrogen (secondary N) is 1. The van der Waals surface area contributed by atoms with Crippen molar-refractivity contribution in [1.82, 2.24) is 9.97 Å². The predicted molar refractivity (Wildman–Crippen MR) is 78.3 cm³/mol. The first-order chi connectivity index (χ1) is 10.8. The molecule has 0 radical (unpaired) electrons. The number of hydrogen-bond donors (Lipinski definition) is 4. The first kappa shape index (κ1) is 16.7. The summed E-state index contributed by atoms with van der Waals surface area (Å²) in [7, 11) is -4.25. The highest BCUT2D eigenvalue weighted by Crippen LogP contribution is 2.18. The van der Waals surface area contributed by atoms with Crippen LogP contribution in [0.25, 0.3) is 0 Å². The molecular formula is C12H13N5O5S. The van der Waals surface area contributed by atoms with E-state index in [4.69, 9.17) is 15.4 Å². The number of benzene rings is 1. The van der Waals surface area contributed by atoms with Crippen LogP contribution in [0.5, 0.6) is 0 Å². The summed E-state index contributed by atoms with van der Waals surface area (Å²) in [6.07, 6.45) is 1.47. The topological polar surface area (TPSA) is 171 Å². The van der Waals surface area contributed by atoms with E-state index in [1.165, 1.54) is 30.5 Å². The minimum absolute atomic E-state index is 0.0703. The number of carboxylic acid groups (broad SMARTS) is 1. The van der Waals surface area contributed by atoms with Crippen molar-refractivity contribution in [2.45, 2.75) is 17.4 Å². The largest absolute Gasteiger partial charge is 0.480 e. The van der Waals surface area contributed by atoms with Gasteiger partial charge in [0, 0.05) is 12.1 Å². The molecule has 1 aromatic carbocycles. The second-order valence-corrected chi connectivity index (χ2v) is 5.97. The number of aliphatic carboxylic acids is 1. The number of aromatic nitrogens is 2. The van der Waals surface area contributed by atoms with Gasteiger partial charge in [0.15, 0.2) is 0 Å². The van der Waals surface area contributed by atoms with Gasteiger partial charge in [0.25, 0.3) is 10.1 Å². The van der Waals surface area contributed by atoms with Gasteiger partial charge < -0.3 is 15.8 Å². The summed E-state index contributed by atoms with van der Waals surface area (Å²) in [6, 6.07) is 4.04. The summed E-state index contributed by atoms with van der Waals surface area (Å²) < 4.78 is 30.6. The monoisotopic (exact) mass is 339 g/mol. The molecule has 1 heterocycles. The molecule has 10 nitrogen and oxygen atoms in total. The van der Waals surface area contributed by atoms with Gasteiger partial charge in [-0.25, -0.2) is 4.98 Å². The summed E-state index contributed by atoms with van der Waals surface area (Å²) in [5.41, 5.74) is 6.24. The van der Waals surface area contributed by atoms with Crippen molar-refractivity contribution < 1.29 is 22.9 Å². The van der Waals surface area contributed by atoms with Crippen molar-refractivity contribution in [1.29, 1.82) is 0 Å². The zero-order valence-corrected chi connectivity index (χ0v) is 12.4. The summed E-state index contributed by atoms with van der Waals surface area (Å²) in [5.74, 6) is -0.974. The van der Waals surface area contributed by atoms with Crippen LogP contribution in [-0.4, -0.2) is 40.1 Å². The van der Waals surface area contributed by atoms with Gasteiger partial charge in [-0.3, -0.25) is 9.35 Å². The fraction of sp³-hybridized carbons (Fsp3) is 0.167. The van der Waals surface area contributed by atoms with E-state index >= 15 is 0 Å². The molecule has 1 aromatic heterocycles. The van der Waals surface area contributed by atoms with Gasteiger partial charge in [-0.2, -0.15) is 8.42 Å². The lowest BCUT2D eigenvalue weighted by Gasteiger charge is -2.02. The minimum atomic E-state index is -4.25. The predicted octanol–water partition coefficient (Wildman–Crippen LogP) is 1.03. The number of imidazole rings is 1. The van der Waals surface area contributed by atoms with Gasteiger partial charge in [0.1, 0.15) is 6.04 Å². The molecule has 0 aliphatic carbocycles. The standard InChI is InChI=1S/C12H13N5O5S/c13-10(11(18)19)5-8-6-14-12(15-8)17-16-7-1-3-9(4-2-7)23(20,21)22/h1-4,6,10H,5,13H2,(H,14,15)(H,18,19)(H,20,21,22)/t10-/m0/s1. The molecule has 0 amide bonds. The van der Waals surface area contributed by atoms with Crippen molar-refractivity contribution in [3.8, 4) is 0 Å². The van der Waals surface area contributed by atoms with Crippen molar-refractivity contribution in [3.63, 3.8) is 0 Å². The Labute approximate surface area is 130 Å². The molecule has 0 saturated carbocycles. The fourth-order valence-electron chi connectivity index (χ4n) is 1.62. The number of H-pyrrole nitrogens is 1. The van der Waals surface area contributed by atoms with Gasteiger partial charge in [0.2, 0.25) is 5.95 Å². The average Bonchev–Trinajstić information content (AvgIpc) is 2.92. The quantitative estimate of drug-likeness (QED) is 0.449. The van der Waals surface area contributed by atoms with Crippen LogP contribution < -0.4 is 5.73 Å². The summed E-state index contributed by atoms with van der Waals surface area (Å²) >= 11 is 0. The zero-order valence-electron chi connectivity index (χ0n) is 11.6. The lowest BCUT2D eigenvalue weighted by atomic mass is 10.2. The molecule has 0 fully saturated rings. The molecule has 0 unspecified atom stereocenters. The van der Waals surface area contributed by atoms with Gasteiger partial charge in [-0.1, -0.05) is 0 Å². The van der Waals surface area contributed by atoms with Crippen LogP contribution in [-0.2, 0) is 21.3 Å². The van der Waals surface area contributed by atoms with Crippen molar-refractivity contribution in [2.75, 3.05) is 0 Å². The molecule has 23 heavy (non-hydrogen) atoms. The summed E-state index contributed by atoms with van der Waals surface area (Å²) in [5, 5.41) is 16.4. The third kappa shape index (κ3) is 4.67. The van der Waals surface area contributed by atoms with Crippen LogP contribution in [0.2, 0.25) is 0 Å². The number of aromatic amines is 1. The van der Waals surface area contributed by atoms with Gasteiger partial charge in [-0.05, 0) is 24.3 Å². The second kappa shape index (κ2) is 6.64. The summed E-state index contributed by atoms with van der Waals surface area (Å²) in [6.45, 7) is 0. The third-order valence-electron chi connectivity index (χ3n) is 2.77. The van der Waals surface area contributed by atoms with Crippen molar-refractivity contribution >= 4 is 27.7 Å². The number of nitrogens with two attached hydrogens (primary N) is 1. The fourth-order valence-corrected chi connectivity index (χ4v) is 2.10. The molecule has 0 aliphatic heterocycles. The van der Waals surface area contributed by atoms with E-state index in [9.17, 15) is 13.2 Å². The average molecular weight is 339 g/mol. The van der Waals surface area contributed by atoms with E-state index < -0.39 is 22.1 Å². The van der Waals surface area contributed by atoms with Crippen LogP contribution in [0.15, 0.2) is 45.6 Å². The second-order valence-electron chi connectivity index (χ2n) is 4.55. The van der Waals surface area contributed by atoms with Gasteiger partial charge in [-0.15, -0.1) is 10.2 Å². The van der Waals surface area contributed by atoms with E-state index in [0.717, 1.165) is 0 Å². The Balaban J connectivity index is 2.06. The first-order valence-corrected chi connectivity index (χ1v) is 7.71. The maximum Gasteiger partial charge on any atom is 0.320 e. The molecular weight excluding hydrogens is 326 g/mol.